The number of anilines is 2. The van der Waals surface area contributed by atoms with Gasteiger partial charge in [0.15, 0.2) is 0 Å². The van der Waals surface area contributed by atoms with E-state index in [1.54, 1.807) is 37.1 Å². The molecule has 2 aromatic rings. The third kappa shape index (κ3) is 5.48. The number of hydrogen-bond donors (Lipinski definition) is 0. The number of aromatic nitrogens is 1. The first kappa shape index (κ1) is 27.8. The number of hydrogen-bond acceptors (Lipinski definition) is 8. The van der Waals surface area contributed by atoms with E-state index < -0.39 is 5.56 Å². The summed E-state index contributed by atoms with van der Waals surface area (Å²) < 4.78 is 21.7. The molecule has 0 atom stereocenters. The molecular formula is C27H30FN5O3S2. The number of benzene rings is 1. The van der Waals surface area contributed by atoms with E-state index in [0.29, 0.717) is 84.2 Å². The molecule has 11 heteroatoms. The molecule has 8 nitrogen and oxygen atoms in total. The molecule has 0 bridgehead atoms. The van der Waals surface area contributed by atoms with Crippen molar-refractivity contribution in [2.75, 3.05) is 55.7 Å². The van der Waals surface area contributed by atoms with Gasteiger partial charge in [0.2, 0.25) is 0 Å². The molecule has 2 saturated heterocycles. The third-order valence-electron chi connectivity index (χ3n) is 6.76. The van der Waals surface area contributed by atoms with Crippen molar-refractivity contribution in [2.24, 2.45) is 7.05 Å². The zero-order chi connectivity index (χ0) is 27.4. The Morgan fingerprint density at radius 3 is 2.53 bits per heavy atom. The monoisotopic (exact) mass is 555 g/mol. The number of nitriles is 1. The summed E-state index contributed by atoms with van der Waals surface area (Å²) in [5.74, 6) is 0.159. The Morgan fingerprint density at radius 2 is 1.87 bits per heavy atom. The molecule has 4 rings (SSSR count). The smallest absolute Gasteiger partial charge is 0.270 e. The maximum atomic E-state index is 14.4. The number of piperazine rings is 1. The number of pyridine rings is 1. The van der Waals surface area contributed by atoms with Gasteiger partial charge in [0, 0.05) is 58.5 Å². The lowest BCUT2D eigenvalue weighted by Crippen LogP contribution is -2.48. The molecule has 2 aliphatic rings. The molecule has 200 valence electrons. The standard InChI is InChI=1S/C27H30FN5O3S2/c1-4-36-15-7-10-33-26(35)23(38-27(33)37)16-19-18(2)20(17-29)25(34)30(3)24(19)32-13-11-31(12-14-32)22-9-6-5-8-21(22)28/h5-6,8-9,16H,4,7,10-15H2,1-3H3. The topological polar surface area (TPSA) is 81.8 Å². The van der Waals surface area contributed by atoms with Crippen molar-refractivity contribution in [1.82, 2.24) is 9.47 Å². The lowest BCUT2D eigenvalue weighted by atomic mass is 10.0. The largest absolute Gasteiger partial charge is 0.382 e. The summed E-state index contributed by atoms with van der Waals surface area (Å²) in [6, 6.07) is 8.71. The molecule has 1 aromatic heterocycles. The second kappa shape index (κ2) is 12.1. The molecule has 2 aliphatic heterocycles. The summed E-state index contributed by atoms with van der Waals surface area (Å²) in [7, 11) is 1.64. The van der Waals surface area contributed by atoms with E-state index >= 15 is 0 Å². The van der Waals surface area contributed by atoms with Crippen molar-refractivity contribution < 1.29 is 13.9 Å². The van der Waals surface area contributed by atoms with Crippen molar-refractivity contribution in [3.8, 4) is 6.07 Å². The van der Waals surface area contributed by atoms with E-state index in [1.165, 1.54) is 22.4 Å². The van der Waals surface area contributed by atoms with E-state index in [2.05, 4.69) is 4.90 Å². The SMILES string of the molecule is CCOCCCN1C(=O)C(=Cc2c(C)c(C#N)c(=O)n(C)c2N2CCN(c3ccccc3F)CC2)SC1=S. The van der Waals surface area contributed by atoms with E-state index in [0.717, 1.165) is 0 Å². The Bertz CT molecular complexity index is 1380. The number of para-hydroxylation sites is 1. The predicted octanol–water partition coefficient (Wildman–Crippen LogP) is 3.66. The van der Waals surface area contributed by atoms with E-state index in [4.69, 9.17) is 17.0 Å². The molecule has 0 aliphatic carbocycles. The first-order chi connectivity index (χ1) is 18.3. The number of ether oxygens (including phenoxy) is 1. The number of carbonyl (C=O) groups is 1. The number of amides is 1. The normalized spacial score (nSPS) is 17.0. The molecule has 0 unspecified atom stereocenters. The van der Waals surface area contributed by atoms with E-state index in [1.807, 2.05) is 24.0 Å². The third-order valence-corrected chi connectivity index (χ3v) is 8.14. The number of rotatable bonds is 8. The molecule has 0 radical (unpaired) electrons. The lowest BCUT2D eigenvalue weighted by molar-refractivity contribution is -0.122. The van der Waals surface area contributed by atoms with Crippen LogP contribution < -0.4 is 15.4 Å². The summed E-state index contributed by atoms with van der Waals surface area (Å²) in [6.07, 6.45) is 2.42. The van der Waals surface area contributed by atoms with Gasteiger partial charge < -0.3 is 14.5 Å². The summed E-state index contributed by atoms with van der Waals surface area (Å²) in [6.45, 7) is 7.44. The van der Waals surface area contributed by atoms with Gasteiger partial charge in [-0.1, -0.05) is 36.1 Å². The average Bonchev–Trinajstić information content (AvgIpc) is 3.18. The fourth-order valence-corrected chi connectivity index (χ4v) is 6.04. The van der Waals surface area contributed by atoms with Gasteiger partial charge in [-0.15, -0.1) is 0 Å². The van der Waals surface area contributed by atoms with Gasteiger partial charge in [-0.3, -0.25) is 19.1 Å². The van der Waals surface area contributed by atoms with Crippen LogP contribution in [0, 0.1) is 24.1 Å². The molecule has 1 aromatic carbocycles. The van der Waals surface area contributed by atoms with Gasteiger partial charge in [-0.25, -0.2) is 4.39 Å². The second-order valence-corrected chi connectivity index (χ2v) is 10.7. The predicted molar refractivity (Wildman–Crippen MR) is 153 cm³/mol. The first-order valence-electron chi connectivity index (χ1n) is 12.5. The van der Waals surface area contributed by atoms with Gasteiger partial charge in [0.25, 0.3) is 11.5 Å². The highest BCUT2D eigenvalue weighted by Crippen LogP contribution is 2.36. The van der Waals surface area contributed by atoms with Crippen LogP contribution in [-0.4, -0.2) is 65.6 Å². The summed E-state index contributed by atoms with van der Waals surface area (Å²) in [5.41, 5.74) is 1.35. The highest BCUT2D eigenvalue weighted by atomic mass is 32.2. The molecule has 0 N–H and O–H groups in total. The number of halogens is 1. The molecule has 38 heavy (non-hydrogen) atoms. The van der Waals surface area contributed by atoms with Crippen LogP contribution in [0.5, 0.6) is 0 Å². The fourth-order valence-electron chi connectivity index (χ4n) is 4.75. The average molecular weight is 556 g/mol. The second-order valence-electron chi connectivity index (χ2n) is 9.02. The van der Waals surface area contributed by atoms with Crippen molar-refractivity contribution >= 4 is 51.8 Å². The van der Waals surface area contributed by atoms with Gasteiger partial charge >= 0.3 is 0 Å². The zero-order valence-corrected chi connectivity index (χ0v) is 23.3. The molecule has 3 heterocycles. The van der Waals surface area contributed by atoms with Crippen molar-refractivity contribution in [2.45, 2.75) is 20.3 Å². The Balaban J connectivity index is 1.66. The molecule has 0 saturated carbocycles. The molecule has 1 amide bonds. The minimum Gasteiger partial charge on any atom is -0.382 e. The minimum absolute atomic E-state index is 0.0414. The van der Waals surface area contributed by atoms with Crippen molar-refractivity contribution in [1.29, 1.82) is 5.26 Å². The highest BCUT2D eigenvalue weighted by molar-refractivity contribution is 8.26. The molecular weight excluding hydrogens is 525 g/mol. The first-order valence-corrected chi connectivity index (χ1v) is 13.7. The van der Waals surface area contributed by atoms with Crippen LogP contribution in [-0.2, 0) is 16.6 Å². The van der Waals surface area contributed by atoms with E-state index in [-0.39, 0.29) is 17.3 Å². The van der Waals surface area contributed by atoms with Crippen LogP contribution in [0.2, 0.25) is 0 Å². The number of nitrogens with zero attached hydrogens (tertiary/aromatic N) is 5. The van der Waals surface area contributed by atoms with Crippen LogP contribution in [0.4, 0.5) is 15.9 Å². The minimum atomic E-state index is -0.392. The van der Waals surface area contributed by atoms with Crippen LogP contribution in [0.25, 0.3) is 6.08 Å². The Kier molecular flexibility index (Phi) is 8.87. The maximum Gasteiger partial charge on any atom is 0.270 e. The molecule has 2 fully saturated rings. The van der Waals surface area contributed by atoms with Crippen LogP contribution in [0.3, 0.4) is 0 Å². The van der Waals surface area contributed by atoms with E-state index in [9.17, 15) is 19.2 Å². The van der Waals surface area contributed by atoms with Gasteiger partial charge in [0.1, 0.15) is 27.6 Å². The molecule has 0 spiro atoms. The Morgan fingerprint density at radius 1 is 1.18 bits per heavy atom. The Labute approximate surface area is 231 Å². The summed E-state index contributed by atoms with van der Waals surface area (Å²) in [4.78, 5) is 32.4. The van der Waals surface area contributed by atoms with Crippen LogP contribution >= 0.6 is 24.0 Å². The van der Waals surface area contributed by atoms with Crippen molar-refractivity contribution in [3.63, 3.8) is 0 Å². The Hall–Kier alpha value is -3.20. The fraction of sp³-hybridized carbons (Fsp3) is 0.407. The number of thioether (sulfide) groups is 1. The van der Waals surface area contributed by atoms with Crippen LogP contribution in [0.1, 0.15) is 30.0 Å². The van der Waals surface area contributed by atoms with Crippen LogP contribution in [0.15, 0.2) is 34.0 Å². The number of carbonyl (C=O) groups excluding carboxylic acids is 1. The maximum absolute atomic E-state index is 14.4. The van der Waals surface area contributed by atoms with Gasteiger partial charge in [0.05, 0.1) is 10.6 Å². The van der Waals surface area contributed by atoms with Gasteiger partial charge in [-0.2, -0.15) is 5.26 Å². The van der Waals surface area contributed by atoms with Gasteiger partial charge in [-0.05, 0) is 44.0 Å². The summed E-state index contributed by atoms with van der Waals surface area (Å²) in [5, 5.41) is 9.72. The zero-order valence-electron chi connectivity index (χ0n) is 21.7. The highest BCUT2D eigenvalue weighted by Gasteiger charge is 2.33. The summed E-state index contributed by atoms with van der Waals surface area (Å²) >= 11 is 6.69. The number of thiocarbonyl (C=S) groups is 1. The quantitative estimate of drug-likeness (QED) is 0.277. The lowest BCUT2D eigenvalue weighted by Gasteiger charge is -2.38. The van der Waals surface area contributed by atoms with Crippen molar-refractivity contribution in [3.05, 3.63) is 62.0 Å².